The van der Waals surface area contributed by atoms with E-state index in [1.807, 2.05) is 20.1 Å². The van der Waals surface area contributed by atoms with E-state index in [1.165, 1.54) is 22.5 Å². The van der Waals surface area contributed by atoms with Crippen molar-refractivity contribution >= 4 is 22.1 Å². The Bertz CT molecular complexity index is 808. The van der Waals surface area contributed by atoms with Gasteiger partial charge in [0.1, 0.15) is 10.7 Å². The van der Waals surface area contributed by atoms with Crippen LogP contribution in [0.1, 0.15) is 40.5 Å². The highest BCUT2D eigenvalue weighted by Crippen LogP contribution is 2.58. The summed E-state index contributed by atoms with van der Waals surface area (Å²) in [6, 6.07) is 3.21. The molecule has 0 spiro atoms. The fourth-order valence-corrected chi connectivity index (χ4v) is 5.43. The predicted octanol–water partition coefficient (Wildman–Crippen LogP) is 3.50. The van der Waals surface area contributed by atoms with Gasteiger partial charge in [0.15, 0.2) is 0 Å². The van der Waals surface area contributed by atoms with Crippen molar-refractivity contribution in [2.75, 3.05) is 18.5 Å². The van der Waals surface area contributed by atoms with Gasteiger partial charge >= 0.3 is 0 Å². The van der Waals surface area contributed by atoms with Crippen molar-refractivity contribution in [2.45, 2.75) is 45.4 Å². The van der Waals surface area contributed by atoms with E-state index in [0.717, 1.165) is 12.3 Å². The minimum atomic E-state index is -3.48. The third kappa shape index (κ3) is 3.30. The van der Waals surface area contributed by atoms with E-state index in [0.29, 0.717) is 30.2 Å². The summed E-state index contributed by atoms with van der Waals surface area (Å²) in [5.74, 6) is 1.92. The maximum Gasteiger partial charge on any atom is 0.244 e. The van der Waals surface area contributed by atoms with Crippen LogP contribution in [0.5, 0.6) is 0 Å². The topological polar surface area (TPSA) is 74.7 Å². The molecule has 1 aromatic rings. The van der Waals surface area contributed by atoms with Crippen LogP contribution in [0.3, 0.4) is 0 Å². The van der Waals surface area contributed by atoms with Crippen LogP contribution in [0.2, 0.25) is 0 Å². The molecule has 26 heavy (non-hydrogen) atoms. The zero-order chi connectivity index (χ0) is 18.9. The highest BCUT2D eigenvalue weighted by atomic mass is 32.2. The molecule has 1 N–H and O–H groups in total. The molecule has 1 aromatic heterocycles. The predicted molar refractivity (Wildman–Crippen MR) is 105 cm³/mol. The van der Waals surface area contributed by atoms with E-state index in [1.54, 1.807) is 12.1 Å². The lowest BCUT2D eigenvalue weighted by Gasteiger charge is -2.55. The first-order chi connectivity index (χ1) is 12.3. The minimum absolute atomic E-state index is 0.202. The number of aromatic nitrogens is 1. The maximum absolute atomic E-state index is 12.5. The number of nitrogens with one attached hydrogen (secondary N) is 1. The molecule has 1 fully saturated rings. The molecule has 0 aromatic carbocycles. The molecule has 0 radical (unpaired) electrons. The summed E-state index contributed by atoms with van der Waals surface area (Å²) in [7, 11) is -3.48. The van der Waals surface area contributed by atoms with Crippen molar-refractivity contribution in [3.63, 3.8) is 0 Å². The van der Waals surface area contributed by atoms with Gasteiger partial charge in [-0.25, -0.2) is 13.4 Å². The van der Waals surface area contributed by atoms with Crippen LogP contribution in [0.4, 0.5) is 5.82 Å². The Labute approximate surface area is 156 Å². The van der Waals surface area contributed by atoms with E-state index in [9.17, 15) is 8.42 Å². The second kappa shape index (κ2) is 7.12. The van der Waals surface area contributed by atoms with Crippen LogP contribution in [0.15, 0.2) is 40.0 Å². The van der Waals surface area contributed by atoms with Gasteiger partial charge in [0.2, 0.25) is 10.0 Å². The Morgan fingerprint density at radius 1 is 1.35 bits per heavy atom. The van der Waals surface area contributed by atoms with Crippen molar-refractivity contribution < 1.29 is 8.42 Å². The molecular formula is C19H28N4O2S. The van der Waals surface area contributed by atoms with E-state index in [4.69, 9.17) is 0 Å². The van der Waals surface area contributed by atoms with Crippen LogP contribution in [-0.2, 0) is 10.0 Å². The van der Waals surface area contributed by atoms with Crippen molar-refractivity contribution in [1.29, 1.82) is 0 Å². The number of hydrogen-bond acceptors (Lipinski definition) is 5. The molecule has 0 aliphatic heterocycles. The molecule has 142 valence electrons. The molecular weight excluding hydrogens is 348 g/mol. The molecule has 6 nitrogen and oxygen atoms in total. The smallest absolute Gasteiger partial charge is 0.244 e. The average molecular weight is 377 g/mol. The Morgan fingerprint density at radius 3 is 2.62 bits per heavy atom. The lowest BCUT2D eigenvalue weighted by atomic mass is 9.49. The zero-order valence-electron chi connectivity index (χ0n) is 15.9. The number of sulfonamides is 1. The van der Waals surface area contributed by atoms with Crippen molar-refractivity contribution in [2.24, 2.45) is 22.4 Å². The van der Waals surface area contributed by atoms with Crippen LogP contribution in [0, 0.1) is 17.3 Å². The molecule has 4 rings (SSSR count). The zero-order valence-corrected chi connectivity index (χ0v) is 16.8. The number of anilines is 1. The Hall–Kier alpha value is -1.73. The van der Waals surface area contributed by atoms with Gasteiger partial charge in [0.05, 0.1) is 6.21 Å². The summed E-state index contributed by atoms with van der Waals surface area (Å²) in [5.41, 5.74) is 4.55. The molecule has 2 bridgehead atoms. The maximum atomic E-state index is 12.5. The number of rotatable bonds is 7. The van der Waals surface area contributed by atoms with Crippen LogP contribution in [0.25, 0.3) is 0 Å². The number of hydrazone groups is 1. The number of nitrogens with zero attached hydrogens (tertiary/aromatic N) is 3. The van der Waals surface area contributed by atoms with Gasteiger partial charge in [0.25, 0.3) is 0 Å². The summed E-state index contributed by atoms with van der Waals surface area (Å²) < 4.78 is 26.3. The quantitative estimate of drug-likeness (QED) is 0.584. The Kier molecular flexibility index (Phi) is 5.21. The first-order valence-electron chi connectivity index (χ1n) is 9.26. The largest absolute Gasteiger partial charge is 0.261 e. The summed E-state index contributed by atoms with van der Waals surface area (Å²) in [6.07, 6.45) is 7.92. The Balaban J connectivity index is 1.64. The number of fused-ring (bicyclic) bond motifs is 1. The lowest BCUT2D eigenvalue weighted by molar-refractivity contribution is -0.00124. The van der Waals surface area contributed by atoms with Crippen LogP contribution < -0.4 is 5.43 Å². The normalized spacial score (nSPS) is 24.4. The number of pyridine rings is 1. The fraction of sp³-hybridized carbons (Fsp3) is 0.579. The van der Waals surface area contributed by atoms with Crippen LogP contribution in [-0.4, -0.2) is 37.0 Å². The van der Waals surface area contributed by atoms with Gasteiger partial charge in [0, 0.05) is 19.3 Å². The van der Waals surface area contributed by atoms with E-state index < -0.39 is 10.0 Å². The third-order valence-electron chi connectivity index (χ3n) is 5.98. The van der Waals surface area contributed by atoms with Gasteiger partial charge in [-0.3, -0.25) is 5.43 Å². The number of allylic oxidation sites excluding steroid dienone is 2. The molecule has 2 atom stereocenters. The standard InChI is InChI=1S/C19H28N4O2S/c1-5-23(6-2)26(24,25)16-9-10-18(20-13-16)22-21-12-14-7-8-15-11-17(14)19(15,3)4/h7,9-10,12-13,15,17H,5-6,8,11H2,1-4H3,(H,20,22)/b21-12-/t15-,17-/m1/s1. The molecule has 0 unspecified atom stereocenters. The minimum Gasteiger partial charge on any atom is -0.261 e. The third-order valence-corrected chi connectivity index (χ3v) is 8.02. The summed E-state index contributed by atoms with van der Waals surface area (Å²) in [6.45, 7) is 9.19. The Morgan fingerprint density at radius 2 is 2.08 bits per heavy atom. The highest BCUT2D eigenvalue weighted by molar-refractivity contribution is 7.89. The molecule has 7 heteroatoms. The second-order valence-corrected chi connectivity index (χ2v) is 9.52. The fourth-order valence-electron chi connectivity index (χ4n) is 4.03. The van der Waals surface area contributed by atoms with Crippen molar-refractivity contribution in [3.05, 3.63) is 30.0 Å². The van der Waals surface area contributed by atoms with E-state index in [2.05, 4.69) is 35.4 Å². The van der Waals surface area contributed by atoms with Crippen LogP contribution >= 0.6 is 0 Å². The lowest BCUT2D eigenvalue weighted by Crippen LogP contribution is -2.48. The highest BCUT2D eigenvalue weighted by Gasteiger charge is 2.50. The summed E-state index contributed by atoms with van der Waals surface area (Å²) in [5, 5.41) is 4.30. The molecule has 3 aliphatic rings. The monoisotopic (exact) mass is 376 g/mol. The van der Waals surface area contributed by atoms with E-state index >= 15 is 0 Å². The van der Waals surface area contributed by atoms with Gasteiger partial charge in [-0.2, -0.15) is 9.41 Å². The van der Waals surface area contributed by atoms with Crippen molar-refractivity contribution in [3.8, 4) is 0 Å². The summed E-state index contributed by atoms with van der Waals surface area (Å²) in [4.78, 5) is 4.39. The van der Waals surface area contributed by atoms with Crippen molar-refractivity contribution in [1.82, 2.24) is 9.29 Å². The second-order valence-electron chi connectivity index (χ2n) is 7.58. The van der Waals surface area contributed by atoms with E-state index in [-0.39, 0.29) is 4.90 Å². The summed E-state index contributed by atoms with van der Waals surface area (Å²) >= 11 is 0. The molecule has 1 saturated carbocycles. The average Bonchev–Trinajstić information content (AvgIpc) is 2.63. The molecule has 0 saturated heterocycles. The number of hydrogen-bond donors (Lipinski definition) is 1. The van der Waals surface area contributed by atoms with Gasteiger partial charge in [-0.1, -0.05) is 33.8 Å². The molecule has 1 heterocycles. The SMILES string of the molecule is CCN(CC)S(=O)(=O)c1ccc(N/N=C\C2=CC[C@@H]3C[C@H]2C3(C)C)nc1. The molecule has 3 aliphatic carbocycles. The first-order valence-corrected chi connectivity index (χ1v) is 10.7. The molecule has 0 amide bonds. The van der Waals surface area contributed by atoms with Gasteiger partial charge < -0.3 is 0 Å². The van der Waals surface area contributed by atoms with Gasteiger partial charge in [-0.15, -0.1) is 0 Å². The first kappa shape index (κ1) is 19.0. The van der Waals surface area contributed by atoms with Gasteiger partial charge in [-0.05, 0) is 47.8 Å².